The number of anilines is 3. The number of rotatable bonds is 3. The summed E-state index contributed by atoms with van der Waals surface area (Å²) in [7, 11) is 0. The first-order chi connectivity index (χ1) is 8.06. The van der Waals surface area contributed by atoms with E-state index in [1.54, 1.807) is 11.3 Å². The molecule has 0 fully saturated rings. The lowest BCUT2D eigenvalue weighted by Gasteiger charge is -2.04. The molecule has 0 spiro atoms. The maximum atomic E-state index is 5.72. The van der Waals surface area contributed by atoms with Crippen LogP contribution in [-0.4, -0.2) is 9.97 Å². The van der Waals surface area contributed by atoms with Gasteiger partial charge in [-0.05, 0) is 25.0 Å². The maximum Gasteiger partial charge on any atom is 0.188 e. The van der Waals surface area contributed by atoms with Crippen molar-refractivity contribution in [2.75, 3.05) is 11.1 Å². The predicted molar refractivity (Wildman–Crippen MR) is 72.9 cm³/mol. The van der Waals surface area contributed by atoms with Gasteiger partial charge in [-0.2, -0.15) is 0 Å². The van der Waals surface area contributed by atoms with E-state index in [1.807, 2.05) is 19.1 Å². The molecule has 0 aliphatic heterocycles. The molecule has 0 radical (unpaired) electrons. The number of nitrogens with two attached hydrogens (primary N) is 1. The molecule has 4 nitrogen and oxygen atoms in total. The molecule has 0 aromatic carbocycles. The summed E-state index contributed by atoms with van der Waals surface area (Å²) in [5.74, 6) is 1.23. The molecular formula is C12H16N4S. The minimum atomic E-state index is 0.447. The second kappa shape index (κ2) is 4.71. The van der Waals surface area contributed by atoms with Gasteiger partial charge in [0.2, 0.25) is 0 Å². The number of pyridine rings is 1. The molecule has 3 N–H and O–H groups in total. The minimum absolute atomic E-state index is 0.447. The largest absolute Gasteiger partial charge is 0.397 e. The zero-order chi connectivity index (χ0) is 12.4. The van der Waals surface area contributed by atoms with Gasteiger partial charge >= 0.3 is 0 Å². The molecule has 0 aliphatic rings. The number of aromatic nitrogens is 2. The van der Waals surface area contributed by atoms with Crippen LogP contribution in [0.5, 0.6) is 0 Å². The summed E-state index contributed by atoms with van der Waals surface area (Å²) in [4.78, 5) is 8.85. The van der Waals surface area contributed by atoms with E-state index < -0.39 is 0 Å². The monoisotopic (exact) mass is 248 g/mol. The van der Waals surface area contributed by atoms with Crippen LogP contribution < -0.4 is 11.1 Å². The summed E-state index contributed by atoms with van der Waals surface area (Å²) in [5, 5.41) is 6.12. The Morgan fingerprint density at radius 3 is 2.65 bits per heavy atom. The standard InChI is InChI=1S/C12H16N4S/c1-7(2)10-6-17-12(15-10)16-11-5-4-9(13)8(3)14-11/h4-7H,13H2,1-3H3,(H,14,15,16). The van der Waals surface area contributed by atoms with Gasteiger partial charge in [-0.25, -0.2) is 9.97 Å². The van der Waals surface area contributed by atoms with E-state index in [4.69, 9.17) is 5.73 Å². The summed E-state index contributed by atoms with van der Waals surface area (Å²) >= 11 is 1.59. The van der Waals surface area contributed by atoms with Crippen molar-refractivity contribution in [2.24, 2.45) is 0 Å². The van der Waals surface area contributed by atoms with Gasteiger partial charge in [0.05, 0.1) is 17.1 Å². The first kappa shape index (κ1) is 11.9. The van der Waals surface area contributed by atoms with Crippen molar-refractivity contribution in [3.63, 3.8) is 0 Å². The fraction of sp³-hybridized carbons (Fsp3) is 0.333. The molecule has 0 saturated heterocycles. The van der Waals surface area contributed by atoms with Crippen molar-refractivity contribution >= 4 is 28.0 Å². The van der Waals surface area contributed by atoms with Crippen LogP contribution in [0, 0.1) is 6.92 Å². The van der Waals surface area contributed by atoms with Crippen LogP contribution in [-0.2, 0) is 0 Å². The van der Waals surface area contributed by atoms with Crippen molar-refractivity contribution < 1.29 is 0 Å². The summed E-state index contributed by atoms with van der Waals surface area (Å²) in [6.45, 7) is 6.15. The Balaban J connectivity index is 2.16. The van der Waals surface area contributed by atoms with Gasteiger partial charge < -0.3 is 11.1 Å². The lowest BCUT2D eigenvalue weighted by Crippen LogP contribution is -1.98. The van der Waals surface area contributed by atoms with E-state index in [-0.39, 0.29) is 0 Å². The number of hydrogen-bond acceptors (Lipinski definition) is 5. The highest BCUT2D eigenvalue weighted by Gasteiger charge is 2.06. The highest BCUT2D eigenvalue weighted by molar-refractivity contribution is 7.13. The van der Waals surface area contributed by atoms with Crippen LogP contribution in [0.25, 0.3) is 0 Å². The maximum absolute atomic E-state index is 5.72. The first-order valence-corrected chi connectivity index (χ1v) is 6.40. The Morgan fingerprint density at radius 2 is 2.06 bits per heavy atom. The lowest BCUT2D eigenvalue weighted by molar-refractivity contribution is 0.834. The van der Waals surface area contributed by atoms with Gasteiger partial charge in [-0.3, -0.25) is 0 Å². The van der Waals surface area contributed by atoms with E-state index in [0.29, 0.717) is 11.6 Å². The van der Waals surface area contributed by atoms with Gasteiger partial charge in [-0.15, -0.1) is 11.3 Å². The number of hydrogen-bond donors (Lipinski definition) is 2. The molecule has 0 unspecified atom stereocenters. The number of nitrogen functional groups attached to an aromatic ring is 1. The molecule has 17 heavy (non-hydrogen) atoms. The summed E-state index contributed by atoms with van der Waals surface area (Å²) in [5.41, 5.74) is 8.36. The molecule has 90 valence electrons. The normalized spacial score (nSPS) is 10.8. The Bertz CT molecular complexity index is 519. The highest BCUT2D eigenvalue weighted by Crippen LogP contribution is 2.24. The van der Waals surface area contributed by atoms with Crippen molar-refractivity contribution in [1.82, 2.24) is 9.97 Å². The molecule has 0 atom stereocenters. The fourth-order valence-electron chi connectivity index (χ4n) is 1.36. The van der Waals surface area contributed by atoms with Crippen LogP contribution in [0.1, 0.15) is 31.2 Å². The SMILES string of the molecule is Cc1nc(Nc2nc(C(C)C)cs2)ccc1N. The summed E-state index contributed by atoms with van der Waals surface area (Å²) in [6.07, 6.45) is 0. The number of aryl methyl sites for hydroxylation is 1. The number of thiazole rings is 1. The van der Waals surface area contributed by atoms with E-state index in [0.717, 1.165) is 22.3 Å². The molecule has 0 saturated carbocycles. The van der Waals surface area contributed by atoms with Gasteiger partial charge in [0, 0.05) is 5.38 Å². The van der Waals surface area contributed by atoms with Crippen LogP contribution >= 0.6 is 11.3 Å². The Hall–Kier alpha value is -1.62. The molecule has 0 bridgehead atoms. The van der Waals surface area contributed by atoms with Crippen LogP contribution in [0.2, 0.25) is 0 Å². The zero-order valence-electron chi connectivity index (χ0n) is 10.2. The van der Waals surface area contributed by atoms with Gasteiger partial charge in [-0.1, -0.05) is 13.8 Å². The summed E-state index contributed by atoms with van der Waals surface area (Å²) < 4.78 is 0. The Kier molecular flexibility index (Phi) is 3.28. The molecule has 2 rings (SSSR count). The van der Waals surface area contributed by atoms with E-state index in [9.17, 15) is 0 Å². The molecule has 2 heterocycles. The van der Waals surface area contributed by atoms with Gasteiger partial charge in [0.25, 0.3) is 0 Å². The van der Waals surface area contributed by atoms with Crippen LogP contribution in [0.15, 0.2) is 17.5 Å². The van der Waals surface area contributed by atoms with Crippen molar-refractivity contribution in [3.8, 4) is 0 Å². The van der Waals surface area contributed by atoms with Crippen LogP contribution in [0.3, 0.4) is 0 Å². The summed E-state index contributed by atoms with van der Waals surface area (Å²) in [6, 6.07) is 3.71. The third-order valence-electron chi connectivity index (χ3n) is 2.48. The van der Waals surface area contributed by atoms with E-state index in [1.165, 1.54) is 0 Å². The zero-order valence-corrected chi connectivity index (χ0v) is 11.0. The lowest BCUT2D eigenvalue weighted by atomic mass is 10.2. The fourth-order valence-corrected chi connectivity index (χ4v) is 2.24. The highest BCUT2D eigenvalue weighted by atomic mass is 32.1. The Labute approximate surface area is 105 Å². The predicted octanol–water partition coefficient (Wildman–Crippen LogP) is 3.30. The molecular weight excluding hydrogens is 232 g/mol. The Morgan fingerprint density at radius 1 is 1.29 bits per heavy atom. The van der Waals surface area contributed by atoms with Gasteiger partial charge in [0.15, 0.2) is 5.13 Å². The van der Waals surface area contributed by atoms with Crippen molar-refractivity contribution in [3.05, 3.63) is 28.9 Å². The number of nitrogens with one attached hydrogen (secondary N) is 1. The third kappa shape index (κ3) is 2.74. The molecule has 2 aromatic rings. The third-order valence-corrected chi connectivity index (χ3v) is 3.25. The van der Waals surface area contributed by atoms with Crippen LogP contribution in [0.4, 0.5) is 16.6 Å². The molecule has 0 amide bonds. The van der Waals surface area contributed by atoms with Crippen molar-refractivity contribution in [2.45, 2.75) is 26.7 Å². The molecule has 5 heteroatoms. The van der Waals surface area contributed by atoms with Gasteiger partial charge in [0.1, 0.15) is 5.82 Å². The van der Waals surface area contributed by atoms with E-state index >= 15 is 0 Å². The second-order valence-corrected chi connectivity index (χ2v) is 5.09. The minimum Gasteiger partial charge on any atom is -0.397 e. The quantitative estimate of drug-likeness (QED) is 0.874. The molecule has 2 aromatic heterocycles. The second-order valence-electron chi connectivity index (χ2n) is 4.23. The molecule has 0 aliphatic carbocycles. The van der Waals surface area contributed by atoms with Crippen molar-refractivity contribution in [1.29, 1.82) is 0 Å². The van der Waals surface area contributed by atoms with E-state index in [2.05, 4.69) is 34.5 Å². The average molecular weight is 248 g/mol. The smallest absolute Gasteiger partial charge is 0.188 e. The average Bonchev–Trinajstić information content (AvgIpc) is 2.72. The topological polar surface area (TPSA) is 63.8 Å². The first-order valence-electron chi connectivity index (χ1n) is 5.52. The number of nitrogens with zero attached hydrogens (tertiary/aromatic N) is 2.